The summed E-state index contributed by atoms with van der Waals surface area (Å²) >= 11 is 0. The van der Waals surface area contributed by atoms with Crippen LogP contribution in [0.4, 0.5) is 0 Å². The van der Waals surface area contributed by atoms with E-state index in [0.717, 1.165) is 6.42 Å². The summed E-state index contributed by atoms with van der Waals surface area (Å²) in [6, 6.07) is 20.5. The van der Waals surface area contributed by atoms with E-state index in [1.165, 1.54) is 11.1 Å². The number of benzene rings is 2. The molecule has 0 heteroatoms. The Kier molecular flexibility index (Phi) is 11.6. The van der Waals surface area contributed by atoms with E-state index < -0.39 is 0 Å². The monoisotopic (exact) mass is 264 g/mol. The third-order valence-electron chi connectivity index (χ3n) is 2.45. The molecule has 0 atom stereocenters. The van der Waals surface area contributed by atoms with Gasteiger partial charge in [0.1, 0.15) is 0 Å². The van der Waals surface area contributed by atoms with Crippen molar-refractivity contribution >= 4 is 6.08 Å². The molecule has 0 radical (unpaired) electrons. The lowest BCUT2D eigenvalue weighted by atomic mass is 10.2. The molecule has 0 aromatic heterocycles. The van der Waals surface area contributed by atoms with Gasteiger partial charge in [0.05, 0.1) is 0 Å². The van der Waals surface area contributed by atoms with Gasteiger partial charge in [-0.25, -0.2) is 0 Å². The van der Waals surface area contributed by atoms with E-state index in [1.807, 2.05) is 42.5 Å². The van der Waals surface area contributed by atoms with Crippen molar-refractivity contribution in [3.8, 4) is 0 Å². The zero-order valence-electron chi connectivity index (χ0n) is 12.3. The molecule has 0 unspecified atom stereocenters. The Morgan fingerprint density at radius 1 is 0.750 bits per heavy atom. The van der Waals surface area contributed by atoms with Crippen LogP contribution in [-0.4, -0.2) is 0 Å². The molecule has 2 rings (SSSR count). The number of rotatable bonds is 3. The lowest BCUT2D eigenvalue weighted by Crippen LogP contribution is -1.73. The van der Waals surface area contributed by atoms with Crippen molar-refractivity contribution in [1.82, 2.24) is 0 Å². The highest BCUT2D eigenvalue weighted by atomic mass is 13.9. The van der Waals surface area contributed by atoms with Crippen LogP contribution in [0.2, 0.25) is 0 Å². The molecule has 0 nitrogen and oxygen atoms in total. The predicted molar refractivity (Wildman–Crippen MR) is 92.7 cm³/mol. The fourth-order valence-electron chi connectivity index (χ4n) is 1.30. The maximum atomic E-state index is 3.63. The van der Waals surface area contributed by atoms with Gasteiger partial charge in [-0.2, -0.15) is 0 Å². The van der Waals surface area contributed by atoms with Crippen LogP contribution in [0.1, 0.15) is 18.1 Å². The summed E-state index contributed by atoms with van der Waals surface area (Å²) < 4.78 is 0. The molecule has 104 valence electrons. The highest BCUT2D eigenvalue weighted by Crippen LogP contribution is 1.97. The normalized spacial score (nSPS) is 8.05. The molecule has 2 aromatic carbocycles. The van der Waals surface area contributed by atoms with Crippen molar-refractivity contribution in [2.45, 2.75) is 13.3 Å². The Hall–Kier alpha value is -2.34. The summed E-state index contributed by atoms with van der Waals surface area (Å²) in [5.74, 6) is 0. The minimum atomic E-state index is 1.14. The van der Waals surface area contributed by atoms with Crippen molar-refractivity contribution in [3.63, 3.8) is 0 Å². The Morgan fingerprint density at radius 2 is 1.20 bits per heavy atom. The van der Waals surface area contributed by atoms with E-state index in [9.17, 15) is 0 Å². The van der Waals surface area contributed by atoms with E-state index in [-0.39, 0.29) is 0 Å². The molecule has 0 saturated heterocycles. The lowest BCUT2D eigenvalue weighted by molar-refractivity contribution is 1.14. The average Bonchev–Trinajstić information content (AvgIpc) is 2.57. The first kappa shape index (κ1) is 17.7. The second-order valence-electron chi connectivity index (χ2n) is 3.93. The minimum absolute atomic E-state index is 1.14. The molecule has 0 aliphatic heterocycles. The summed E-state index contributed by atoms with van der Waals surface area (Å²) in [5, 5.41) is 0. The molecule has 0 heterocycles. The Balaban J connectivity index is 0.000000289. The number of hydrogen-bond acceptors (Lipinski definition) is 0. The summed E-state index contributed by atoms with van der Waals surface area (Å²) in [6.07, 6.45) is 6.25. The van der Waals surface area contributed by atoms with Gasteiger partial charge in [0, 0.05) is 0 Å². The van der Waals surface area contributed by atoms with Crippen molar-refractivity contribution < 1.29 is 0 Å². The van der Waals surface area contributed by atoms with Gasteiger partial charge in [-0.3, -0.25) is 0 Å². The maximum absolute atomic E-state index is 3.63. The van der Waals surface area contributed by atoms with Crippen LogP contribution < -0.4 is 0 Å². The van der Waals surface area contributed by atoms with Gasteiger partial charge in [-0.05, 0) is 17.5 Å². The summed E-state index contributed by atoms with van der Waals surface area (Å²) in [5.41, 5.74) is 2.58. The largest absolute Gasteiger partial charge is 0.0991 e. The predicted octanol–water partition coefficient (Wildman–Crippen LogP) is 5.94. The molecule has 0 amide bonds. The topological polar surface area (TPSA) is 0 Å². The zero-order chi connectivity index (χ0) is 15.1. The minimum Gasteiger partial charge on any atom is -0.0991 e. The number of aryl methyl sites for hydroxylation is 1. The van der Waals surface area contributed by atoms with Gasteiger partial charge in [-0.15, -0.1) is 0 Å². The summed E-state index contributed by atoms with van der Waals surface area (Å²) in [4.78, 5) is 0. The van der Waals surface area contributed by atoms with Crippen molar-refractivity contribution in [2.24, 2.45) is 0 Å². The Bertz CT molecular complexity index is 460. The molecule has 0 spiro atoms. The third-order valence-corrected chi connectivity index (χ3v) is 2.45. The van der Waals surface area contributed by atoms with Gasteiger partial charge < -0.3 is 0 Å². The highest BCUT2D eigenvalue weighted by Gasteiger charge is 1.80. The van der Waals surface area contributed by atoms with Gasteiger partial charge >= 0.3 is 0 Å². The average molecular weight is 264 g/mol. The van der Waals surface area contributed by atoms with Gasteiger partial charge in [0.25, 0.3) is 0 Å². The van der Waals surface area contributed by atoms with Crippen LogP contribution in [0.3, 0.4) is 0 Å². The van der Waals surface area contributed by atoms with E-state index in [2.05, 4.69) is 50.9 Å². The Labute approximate surface area is 123 Å². The maximum Gasteiger partial charge on any atom is -0.0263 e. The van der Waals surface area contributed by atoms with Crippen molar-refractivity contribution in [1.29, 1.82) is 0 Å². The fourth-order valence-corrected chi connectivity index (χ4v) is 1.30. The van der Waals surface area contributed by atoms with Crippen LogP contribution in [0.5, 0.6) is 0 Å². The van der Waals surface area contributed by atoms with Crippen LogP contribution in [0, 0.1) is 0 Å². The van der Waals surface area contributed by atoms with Gasteiger partial charge in [0.15, 0.2) is 0 Å². The molecule has 0 aliphatic rings. The standard InChI is InChI=1S/C8H10.C8H8.C4H6/c2*1-2-8-6-4-3-5-7-8;1-3-4-2/h3-7H,2H2,1H3;2-7H,1H2;3-4H,1-2H2. The first-order valence-electron chi connectivity index (χ1n) is 6.73. The first-order chi connectivity index (χ1) is 9.78. The first-order valence-corrected chi connectivity index (χ1v) is 6.73. The van der Waals surface area contributed by atoms with E-state index >= 15 is 0 Å². The highest BCUT2D eigenvalue weighted by molar-refractivity contribution is 5.45. The zero-order valence-corrected chi connectivity index (χ0v) is 12.3. The van der Waals surface area contributed by atoms with Crippen LogP contribution in [-0.2, 0) is 6.42 Å². The Morgan fingerprint density at radius 3 is 1.45 bits per heavy atom. The van der Waals surface area contributed by atoms with Crippen LogP contribution in [0.15, 0.2) is 92.6 Å². The van der Waals surface area contributed by atoms with Gasteiger partial charge in [0.2, 0.25) is 0 Å². The quantitative estimate of drug-likeness (QED) is 0.602. The molecule has 2 aromatic rings. The van der Waals surface area contributed by atoms with E-state index in [0.29, 0.717) is 0 Å². The molecule has 0 fully saturated rings. The molecular formula is C20H24. The van der Waals surface area contributed by atoms with Crippen molar-refractivity contribution in [3.05, 3.63) is 104 Å². The summed E-state index contributed by atoms with van der Waals surface area (Å²) in [6.45, 7) is 12.5. The van der Waals surface area contributed by atoms with Crippen LogP contribution >= 0.6 is 0 Å². The molecule has 20 heavy (non-hydrogen) atoms. The third kappa shape index (κ3) is 9.67. The van der Waals surface area contributed by atoms with Crippen LogP contribution in [0.25, 0.3) is 6.08 Å². The fraction of sp³-hybridized carbons (Fsp3) is 0.100. The number of hydrogen-bond donors (Lipinski definition) is 0. The smallest absolute Gasteiger partial charge is 0.0263 e. The second kappa shape index (κ2) is 13.1. The molecule has 0 saturated carbocycles. The van der Waals surface area contributed by atoms with Gasteiger partial charge in [-0.1, -0.05) is 106 Å². The summed E-state index contributed by atoms with van der Waals surface area (Å²) in [7, 11) is 0. The molecular weight excluding hydrogens is 240 g/mol. The second-order valence-corrected chi connectivity index (χ2v) is 3.93. The number of allylic oxidation sites excluding steroid dienone is 2. The molecule has 0 N–H and O–H groups in total. The van der Waals surface area contributed by atoms with E-state index in [1.54, 1.807) is 12.2 Å². The molecule has 0 aliphatic carbocycles. The SMILES string of the molecule is C=CC=C.C=Cc1ccccc1.CCc1ccccc1. The molecule has 0 bridgehead atoms. The van der Waals surface area contributed by atoms with E-state index in [4.69, 9.17) is 0 Å². The van der Waals surface area contributed by atoms with Crippen molar-refractivity contribution in [2.75, 3.05) is 0 Å². The lowest BCUT2D eigenvalue weighted by Gasteiger charge is -1.89.